The Morgan fingerprint density at radius 2 is 1.34 bits per heavy atom. The molecule has 0 saturated heterocycles. The Labute approximate surface area is 263 Å². The summed E-state index contributed by atoms with van der Waals surface area (Å²) in [4.78, 5) is 10.1. The molecule has 0 unspecified atom stereocenters. The number of aryl methyl sites for hydroxylation is 1. The van der Waals surface area contributed by atoms with Crippen LogP contribution < -0.4 is 10.6 Å². The summed E-state index contributed by atoms with van der Waals surface area (Å²) in [7, 11) is 0.139. The molecule has 2 heterocycles. The van der Waals surface area contributed by atoms with Crippen molar-refractivity contribution in [2.75, 3.05) is 52.4 Å². The zero-order valence-electron chi connectivity index (χ0n) is 24.6. The average Bonchev–Trinajstić information content (AvgIpc) is 2.96. The van der Waals surface area contributed by atoms with E-state index in [4.69, 9.17) is 15.5 Å². The summed E-state index contributed by atoms with van der Waals surface area (Å²) in [6.45, 7) is 20.3. The van der Waals surface area contributed by atoms with Crippen molar-refractivity contribution < 1.29 is 16.5 Å². The normalized spacial score (nSPS) is 17.2. The van der Waals surface area contributed by atoms with E-state index < -0.39 is 0 Å². The summed E-state index contributed by atoms with van der Waals surface area (Å²) in [6.07, 6.45) is 3.65. The van der Waals surface area contributed by atoms with Gasteiger partial charge in [-0.1, -0.05) is 55.8 Å². The van der Waals surface area contributed by atoms with Crippen LogP contribution in [0.1, 0.15) is 76.0 Å². The maximum absolute atomic E-state index is 7.43. The molecule has 0 amide bonds. The van der Waals surface area contributed by atoms with Crippen LogP contribution in [-0.2, 0) is 16.5 Å². The van der Waals surface area contributed by atoms with Crippen LogP contribution in [0.5, 0.6) is 0 Å². The molecule has 230 valence electrons. The minimum absolute atomic E-state index is 0. The molecule has 2 aromatic rings. The van der Waals surface area contributed by atoms with Crippen LogP contribution >= 0.6 is 0 Å². The first-order valence-electron chi connectivity index (χ1n) is 13.9. The van der Waals surface area contributed by atoms with Crippen LogP contribution in [0.4, 0.5) is 0 Å². The number of hydrogen-bond donors (Lipinski definition) is 2. The van der Waals surface area contributed by atoms with Crippen molar-refractivity contribution in [2.45, 2.75) is 66.0 Å². The second-order valence-electron chi connectivity index (χ2n) is 9.42. The molecule has 1 aromatic heterocycles. The monoisotopic (exact) mass is 605 g/mol. The van der Waals surface area contributed by atoms with Crippen molar-refractivity contribution in [3.8, 4) is 11.9 Å². The fourth-order valence-corrected chi connectivity index (χ4v) is 4.33. The summed E-state index contributed by atoms with van der Waals surface area (Å²) < 4.78 is 0. The molecule has 3 rings (SSSR count). The molecular weight excluding hydrogens is 551 g/mol. The Kier molecular flexibility index (Phi) is 27.9. The summed E-state index contributed by atoms with van der Waals surface area (Å²) in [5, 5.41) is 22.2. The van der Waals surface area contributed by atoms with E-state index in [0.29, 0.717) is 12.1 Å². The van der Waals surface area contributed by atoms with Gasteiger partial charge in [0.2, 0.25) is 0 Å². The fraction of sp³-hybridized carbons (Fsp3) is 0.581. The number of benzene rings is 1. The van der Waals surface area contributed by atoms with E-state index in [1.165, 1.54) is 51.0 Å². The van der Waals surface area contributed by atoms with Gasteiger partial charge in [-0.3, -0.25) is 15.5 Å². The molecule has 1 aliphatic rings. The number of nitriles is 2. The molecule has 10 heteroatoms. The van der Waals surface area contributed by atoms with Crippen LogP contribution in [0.2, 0.25) is 0 Å². The van der Waals surface area contributed by atoms with Crippen molar-refractivity contribution in [1.29, 1.82) is 10.5 Å². The second-order valence-corrected chi connectivity index (χ2v) is 9.42. The van der Waals surface area contributed by atoms with E-state index in [-0.39, 0.29) is 32.2 Å². The first-order valence-corrected chi connectivity index (χ1v) is 13.9. The molecule has 2 bridgehead atoms. The van der Waals surface area contributed by atoms with Crippen LogP contribution in [0.3, 0.4) is 0 Å². The van der Waals surface area contributed by atoms with E-state index in [1.54, 1.807) is 0 Å². The third-order valence-corrected chi connectivity index (χ3v) is 6.67. The summed E-state index contributed by atoms with van der Waals surface area (Å²) in [5.41, 5.74) is 3.62. The van der Waals surface area contributed by atoms with E-state index in [2.05, 4.69) is 85.4 Å². The molecule has 2 atom stereocenters. The fourth-order valence-electron chi connectivity index (χ4n) is 4.33. The van der Waals surface area contributed by atoms with Crippen LogP contribution in [0, 0.1) is 29.4 Å². The van der Waals surface area contributed by atoms with Gasteiger partial charge in [0.25, 0.3) is 0 Å². The van der Waals surface area contributed by atoms with Crippen molar-refractivity contribution in [2.24, 2.45) is 0 Å². The van der Waals surface area contributed by atoms with Crippen molar-refractivity contribution in [3.05, 3.63) is 65.5 Å². The molecule has 41 heavy (non-hydrogen) atoms. The van der Waals surface area contributed by atoms with Crippen LogP contribution in [0.25, 0.3) is 0 Å². The third-order valence-electron chi connectivity index (χ3n) is 6.67. The van der Waals surface area contributed by atoms with E-state index in [1.807, 2.05) is 30.1 Å². The predicted molar refractivity (Wildman–Crippen MR) is 177 cm³/mol. The molecule has 1 aromatic carbocycles. The number of aromatic nitrogens is 1. The molecule has 7 nitrogen and oxygen atoms in total. The zero-order valence-corrected chi connectivity index (χ0v) is 25.6. The topological polar surface area (TPSA) is 91.0 Å². The molecule has 2 N–H and O–H groups in total. The smallest absolute Gasteiger partial charge is 0.309 e. The first kappa shape index (κ1) is 41.0. The Morgan fingerprint density at radius 3 is 1.73 bits per heavy atom. The van der Waals surface area contributed by atoms with Gasteiger partial charge in [0, 0.05) is 12.1 Å². The molecule has 1 aliphatic heterocycles. The minimum atomic E-state index is 0. The van der Waals surface area contributed by atoms with Crippen molar-refractivity contribution >= 4 is 15.7 Å². The van der Waals surface area contributed by atoms with Gasteiger partial charge >= 0.3 is 16.5 Å². The zero-order chi connectivity index (χ0) is 30.0. The van der Waals surface area contributed by atoms with Crippen LogP contribution in [0.15, 0.2) is 48.5 Å². The summed E-state index contributed by atoms with van der Waals surface area (Å²) >= 11 is 0. The summed E-state index contributed by atoms with van der Waals surface area (Å²) in [5.74, 6) is 4.00. The Balaban J connectivity index is 0. The summed E-state index contributed by atoms with van der Waals surface area (Å²) in [6, 6.07) is 17.3. The maximum atomic E-state index is 7.43. The molecule has 0 saturated carbocycles. The quantitative estimate of drug-likeness (QED) is 0.490. The van der Waals surface area contributed by atoms with Crippen LogP contribution in [-0.4, -0.2) is 82.8 Å². The van der Waals surface area contributed by atoms with Crippen molar-refractivity contribution in [1.82, 2.24) is 25.4 Å². The van der Waals surface area contributed by atoms with Gasteiger partial charge in [0.1, 0.15) is 0 Å². The molecule has 0 radical (unpaired) electrons. The Hall–Kier alpha value is -2.19. The van der Waals surface area contributed by atoms with Gasteiger partial charge in [0.15, 0.2) is 0 Å². The molecular formula is C31H55B2N7Ni. The number of rotatable bonds is 6. The van der Waals surface area contributed by atoms with Gasteiger partial charge < -0.3 is 20.4 Å². The predicted octanol–water partition coefficient (Wildman–Crippen LogP) is 2.87. The van der Waals surface area contributed by atoms with E-state index in [9.17, 15) is 0 Å². The SMILES string of the molecule is CCN(CC)CCCN1CCCN[C@@H](C)c2cccc(n2)[C@@H](C)NCCC1.Cc1ccccc1.[BH3-]C#N.[BH3-]C#N.[Ni+2]. The van der Waals surface area contributed by atoms with Gasteiger partial charge in [-0.2, -0.15) is 11.9 Å². The molecule has 0 aliphatic carbocycles. The maximum Gasteiger partial charge on any atom is 2.00 e. The Morgan fingerprint density at radius 1 is 0.878 bits per heavy atom. The number of nitrogens with one attached hydrogen (secondary N) is 2. The van der Waals surface area contributed by atoms with E-state index in [0.717, 1.165) is 37.6 Å². The van der Waals surface area contributed by atoms with E-state index >= 15 is 0 Å². The largest absolute Gasteiger partial charge is 2.00 e. The molecule has 0 spiro atoms. The number of nitrogens with zero attached hydrogens (tertiary/aromatic N) is 5. The third kappa shape index (κ3) is 21.2. The van der Waals surface area contributed by atoms with Gasteiger partial charge in [-0.05, 0) is 105 Å². The van der Waals surface area contributed by atoms with Gasteiger partial charge in [-0.25, -0.2) is 0 Å². The average molecular weight is 606 g/mol. The standard InChI is InChI=1S/C22H41N5.C7H8.2CH3BN.Ni/c1-5-26(6-2)17-10-18-27-15-8-13-23-19(3)21-11-7-12-22(25-21)20(4)24-14-9-16-27;1-7-5-3-2-4-6-7;2*2-1-3;/h7,11-12,19-20,23-24H,5-6,8-10,13-18H2,1-4H3;2-6H,1H3;2*2H3;/q;;2*-1;+2/t19-,20+;;;;. The van der Waals surface area contributed by atoms with Crippen molar-refractivity contribution in [3.63, 3.8) is 0 Å². The van der Waals surface area contributed by atoms with Gasteiger partial charge in [0.05, 0.1) is 27.1 Å². The second kappa shape index (κ2) is 28.0. The Bertz CT molecular complexity index is 904. The number of fused-ring (bicyclic) bond motifs is 2. The molecule has 0 fully saturated rings. The first-order chi connectivity index (χ1) is 19.4. The minimum Gasteiger partial charge on any atom is -0.309 e. The van der Waals surface area contributed by atoms with Gasteiger partial charge in [-0.15, -0.1) is 0 Å². The number of pyridine rings is 1. The number of hydrogen-bond acceptors (Lipinski definition) is 7.